The van der Waals surface area contributed by atoms with Gasteiger partial charge in [0, 0.05) is 19.6 Å². The van der Waals surface area contributed by atoms with Crippen molar-refractivity contribution in [1.82, 2.24) is 20.8 Å². The molecule has 114 valence electrons. The highest BCUT2D eigenvalue weighted by molar-refractivity contribution is 5.93. The van der Waals surface area contributed by atoms with E-state index in [0.717, 1.165) is 32.5 Å². The Morgan fingerprint density at radius 1 is 1.52 bits per heavy atom. The van der Waals surface area contributed by atoms with E-state index in [2.05, 4.69) is 20.8 Å². The van der Waals surface area contributed by atoms with E-state index in [-0.39, 0.29) is 17.6 Å². The van der Waals surface area contributed by atoms with Crippen LogP contribution in [0.2, 0.25) is 0 Å². The molecule has 1 spiro atoms. The third kappa shape index (κ3) is 3.55. The van der Waals surface area contributed by atoms with Crippen molar-refractivity contribution in [2.75, 3.05) is 32.8 Å². The van der Waals surface area contributed by atoms with Gasteiger partial charge in [-0.1, -0.05) is 0 Å². The number of ether oxygens (including phenoxy) is 2. The summed E-state index contributed by atoms with van der Waals surface area (Å²) >= 11 is 0. The largest absolute Gasteiger partial charge is 0.377 e. The highest BCUT2D eigenvalue weighted by atomic mass is 16.6. The van der Waals surface area contributed by atoms with Crippen molar-refractivity contribution in [3.05, 3.63) is 24.0 Å². The SMILES string of the molecule is O=C(NC[C@@H]1CC[C@]2(CNCCOC2)O1)c1ccnnc1. The lowest BCUT2D eigenvalue weighted by Crippen LogP contribution is -2.43. The number of amides is 1. The zero-order valence-corrected chi connectivity index (χ0v) is 11.9. The van der Waals surface area contributed by atoms with Gasteiger partial charge in [-0.15, -0.1) is 0 Å². The monoisotopic (exact) mass is 292 g/mol. The number of nitrogens with one attached hydrogen (secondary N) is 2. The van der Waals surface area contributed by atoms with E-state index in [0.29, 0.717) is 18.7 Å². The van der Waals surface area contributed by atoms with Crippen molar-refractivity contribution in [3.8, 4) is 0 Å². The minimum Gasteiger partial charge on any atom is -0.377 e. The molecule has 7 heteroatoms. The van der Waals surface area contributed by atoms with Gasteiger partial charge >= 0.3 is 0 Å². The van der Waals surface area contributed by atoms with Gasteiger partial charge in [0.2, 0.25) is 0 Å². The molecule has 0 radical (unpaired) electrons. The zero-order chi connectivity index (χ0) is 14.5. The number of nitrogens with zero attached hydrogens (tertiary/aromatic N) is 2. The highest BCUT2D eigenvalue weighted by Crippen LogP contribution is 2.30. The molecule has 0 saturated carbocycles. The molecule has 0 aromatic carbocycles. The zero-order valence-electron chi connectivity index (χ0n) is 11.9. The van der Waals surface area contributed by atoms with Gasteiger partial charge in [-0.2, -0.15) is 10.2 Å². The van der Waals surface area contributed by atoms with Crippen LogP contribution >= 0.6 is 0 Å². The Bertz CT molecular complexity index is 474. The Hall–Kier alpha value is -1.57. The Labute approximate surface area is 123 Å². The van der Waals surface area contributed by atoms with Crippen molar-refractivity contribution >= 4 is 5.91 Å². The summed E-state index contributed by atoms with van der Waals surface area (Å²) in [5, 5.41) is 13.6. The molecule has 21 heavy (non-hydrogen) atoms. The quantitative estimate of drug-likeness (QED) is 0.799. The first-order chi connectivity index (χ1) is 10.3. The second-order valence-corrected chi connectivity index (χ2v) is 5.53. The molecular formula is C14H20N4O3. The van der Waals surface area contributed by atoms with Crippen LogP contribution < -0.4 is 10.6 Å². The number of hydrogen-bond acceptors (Lipinski definition) is 6. The Morgan fingerprint density at radius 2 is 2.48 bits per heavy atom. The summed E-state index contributed by atoms with van der Waals surface area (Å²) in [4.78, 5) is 12.0. The van der Waals surface area contributed by atoms with E-state index < -0.39 is 0 Å². The van der Waals surface area contributed by atoms with E-state index in [9.17, 15) is 4.79 Å². The van der Waals surface area contributed by atoms with Crippen LogP contribution in [0.3, 0.4) is 0 Å². The van der Waals surface area contributed by atoms with E-state index in [1.54, 1.807) is 6.07 Å². The van der Waals surface area contributed by atoms with Gasteiger partial charge in [-0.3, -0.25) is 4.79 Å². The molecule has 0 unspecified atom stereocenters. The number of carbonyl (C=O) groups excluding carboxylic acids is 1. The molecule has 7 nitrogen and oxygen atoms in total. The van der Waals surface area contributed by atoms with Crippen molar-refractivity contribution in [3.63, 3.8) is 0 Å². The fourth-order valence-corrected chi connectivity index (χ4v) is 2.78. The maximum Gasteiger partial charge on any atom is 0.253 e. The molecule has 2 saturated heterocycles. The molecular weight excluding hydrogens is 272 g/mol. The van der Waals surface area contributed by atoms with Crippen molar-refractivity contribution < 1.29 is 14.3 Å². The molecule has 2 fully saturated rings. The number of carbonyl (C=O) groups is 1. The molecule has 2 N–H and O–H groups in total. The normalized spacial score (nSPS) is 29.2. The van der Waals surface area contributed by atoms with Crippen LogP contribution in [-0.4, -0.2) is 60.7 Å². The van der Waals surface area contributed by atoms with Gasteiger partial charge in [-0.05, 0) is 18.9 Å². The van der Waals surface area contributed by atoms with E-state index in [4.69, 9.17) is 9.47 Å². The fraction of sp³-hybridized carbons (Fsp3) is 0.643. The third-order valence-electron chi connectivity index (χ3n) is 3.91. The molecule has 1 aromatic rings. The van der Waals surface area contributed by atoms with Crippen LogP contribution in [0.5, 0.6) is 0 Å². The van der Waals surface area contributed by atoms with Gasteiger partial charge in [0.05, 0.1) is 37.3 Å². The summed E-state index contributed by atoms with van der Waals surface area (Å²) in [6, 6.07) is 1.64. The van der Waals surface area contributed by atoms with Crippen molar-refractivity contribution in [2.45, 2.75) is 24.5 Å². The Balaban J connectivity index is 1.50. The minimum absolute atomic E-state index is 0.0345. The lowest BCUT2D eigenvalue weighted by Gasteiger charge is -2.27. The molecule has 0 bridgehead atoms. The van der Waals surface area contributed by atoms with Gasteiger partial charge in [-0.25, -0.2) is 0 Å². The molecule has 3 heterocycles. The van der Waals surface area contributed by atoms with E-state index in [1.807, 2.05) is 0 Å². The average Bonchev–Trinajstić information content (AvgIpc) is 2.77. The lowest BCUT2D eigenvalue weighted by atomic mass is 10.0. The maximum absolute atomic E-state index is 12.0. The van der Waals surface area contributed by atoms with Crippen LogP contribution in [-0.2, 0) is 9.47 Å². The van der Waals surface area contributed by atoms with Gasteiger partial charge < -0.3 is 20.1 Å². The molecule has 1 aromatic heterocycles. The predicted octanol–water partition coefficient (Wildman–Crippen LogP) is -0.256. The van der Waals surface area contributed by atoms with Crippen molar-refractivity contribution in [1.29, 1.82) is 0 Å². The smallest absolute Gasteiger partial charge is 0.253 e. The average molecular weight is 292 g/mol. The predicted molar refractivity (Wildman–Crippen MR) is 74.9 cm³/mol. The summed E-state index contributed by atoms with van der Waals surface area (Å²) in [5.74, 6) is -0.148. The Kier molecular flexibility index (Phi) is 4.42. The first-order valence-corrected chi connectivity index (χ1v) is 7.29. The Morgan fingerprint density at radius 3 is 3.33 bits per heavy atom. The number of rotatable bonds is 3. The van der Waals surface area contributed by atoms with Crippen LogP contribution in [0.15, 0.2) is 18.5 Å². The fourth-order valence-electron chi connectivity index (χ4n) is 2.78. The number of aromatic nitrogens is 2. The summed E-state index contributed by atoms with van der Waals surface area (Å²) in [6.07, 6.45) is 4.88. The van der Waals surface area contributed by atoms with E-state index in [1.165, 1.54) is 12.4 Å². The maximum atomic E-state index is 12.0. The summed E-state index contributed by atoms with van der Waals surface area (Å²) in [7, 11) is 0. The lowest BCUT2D eigenvalue weighted by molar-refractivity contribution is -0.0764. The minimum atomic E-state index is -0.232. The molecule has 2 aliphatic rings. The first kappa shape index (κ1) is 14.4. The van der Waals surface area contributed by atoms with Gasteiger partial charge in [0.15, 0.2) is 0 Å². The van der Waals surface area contributed by atoms with Gasteiger partial charge in [0.25, 0.3) is 5.91 Å². The van der Waals surface area contributed by atoms with Crippen LogP contribution in [0, 0.1) is 0 Å². The van der Waals surface area contributed by atoms with E-state index >= 15 is 0 Å². The summed E-state index contributed by atoms with van der Waals surface area (Å²) < 4.78 is 11.7. The summed E-state index contributed by atoms with van der Waals surface area (Å²) in [5.41, 5.74) is 0.279. The third-order valence-corrected chi connectivity index (χ3v) is 3.91. The molecule has 0 aliphatic carbocycles. The summed E-state index contributed by atoms with van der Waals surface area (Å²) in [6.45, 7) is 3.52. The number of hydrogen-bond donors (Lipinski definition) is 2. The molecule has 2 atom stereocenters. The molecule has 2 aliphatic heterocycles. The van der Waals surface area contributed by atoms with Gasteiger partial charge in [0.1, 0.15) is 5.60 Å². The topological polar surface area (TPSA) is 85.4 Å². The van der Waals surface area contributed by atoms with Crippen LogP contribution in [0.25, 0.3) is 0 Å². The standard InChI is InChI=1S/C14H20N4O3/c19-13(11-2-4-17-18-7-11)16-8-12-1-3-14(21-12)9-15-5-6-20-10-14/h2,4,7,12,15H,1,3,5-6,8-10H2,(H,16,19)/t12-,14+/m0/s1. The van der Waals surface area contributed by atoms with Crippen LogP contribution in [0.4, 0.5) is 0 Å². The molecule has 3 rings (SSSR count). The molecule has 1 amide bonds. The second kappa shape index (κ2) is 6.46. The van der Waals surface area contributed by atoms with Crippen LogP contribution in [0.1, 0.15) is 23.2 Å². The van der Waals surface area contributed by atoms with Crippen molar-refractivity contribution in [2.24, 2.45) is 0 Å². The highest BCUT2D eigenvalue weighted by Gasteiger charge is 2.41. The second-order valence-electron chi connectivity index (χ2n) is 5.53. The first-order valence-electron chi connectivity index (χ1n) is 7.29.